The summed E-state index contributed by atoms with van der Waals surface area (Å²) in [6, 6.07) is 7.89. The minimum Gasteiger partial charge on any atom is -0.457 e. The molecule has 0 spiro atoms. The third-order valence-corrected chi connectivity index (χ3v) is 6.65. The highest BCUT2D eigenvalue weighted by Gasteiger charge is 2.37. The smallest absolute Gasteiger partial charge is 0.283 e. The van der Waals surface area contributed by atoms with Crippen LogP contribution in [0.15, 0.2) is 50.4 Å². The first-order chi connectivity index (χ1) is 15.9. The molecule has 10 nitrogen and oxygen atoms in total. The topological polar surface area (TPSA) is 128 Å². The van der Waals surface area contributed by atoms with Crippen LogP contribution in [0.2, 0.25) is 0 Å². The molecule has 1 fully saturated rings. The number of hydrazone groups is 1. The molecule has 0 saturated carbocycles. The minimum absolute atomic E-state index is 0.0353. The van der Waals surface area contributed by atoms with Crippen molar-refractivity contribution in [2.75, 3.05) is 13.1 Å². The van der Waals surface area contributed by atoms with Gasteiger partial charge in [-0.15, -0.1) is 5.10 Å². The van der Waals surface area contributed by atoms with Gasteiger partial charge in [-0.1, -0.05) is 6.07 Å². The third kappa shape index (κ3) is 3.95. The van der Waals surface area contributed by atoms with E-state index in [0.717, 1.165) is 36.7 Å². The van der Waals surface area contributed by atoms with Crippen molar-refractivity contribution in [2.45, 2.75) is 26.2 Å². The quantitative estimate of drug-likeness (QED) is 0.409. The second-order valence-electron chi connectivity index (χ2n) is 7.91. The number of aliphatic imine (C=N–C) groups is 1. The first-order valence-corrected chi connectivity index (χ1v) is 11.3. The maximum Gasteiger partial charge on any atom is 0.283 e. The summed E-state index contributed by atoms with van der Waals surface area (Å²) in [4.78, 5) is 29.6. The number of nitro benzene ring substituents is 1. The number of hydrogen-bond donors (Lipinski definition) is 1. The number of furan rings is 1. The average Bonchev–Trinajstić information content (AvgIpc) is 3.45. The van der Waals surface area contributed by atoms with Gasteiger partial charge in [-0.05, 0) is 61.7 Å². The molecule has 0 aliphatic carbocycles. The zero-order chi connectivity index (χ0) is 23.1. The predicted octanol–water partition coefficient (Wildman–Crippen LogP) is 4.23. The molecule has 1 amide bonds. The molecule has 0 bridgehead atoms. The Kier molecular flexibility index (Phi) is 5.33. The van der Waals surface area contributed by atoms with E-state index in [9.17, 15) is 14.9 Å². The molecule has 1 aromatic carbocycles. The minimum atomic E-state index is -0.529. The summed E-state index contributed by atoms with van der Waals surface area (Å²) in [5.74, 6) is 0.186. The molecule has 33 heavy (non-hydrogen) atoms. The van der Waals surface area contributed by atoms with Gasteiger partial charge in [-0.3, -0.25) is 20.3 Å². The Bertz CT molecular complexity index is 1270. The van der Waals surface area contributed by atoms with Gasteiger partial charge in [0.15, 0.2) is 11.0 Å². The van der Waals surface area contributed by atoms with Crippen LogP contribution < -0.4 is 0 Å². The molecule has 0 unspecified atom stereocenters. The lowest BCUT2D eigenvalue weighted by molar-refractivity contribution is -0.384. The van der Waals surface area contributed by atoms with Crippen molar-refractivity contribution in [2.24, 2.45) is 10.1 Å². The molecule has 0 atom stereocenters. The number of piperidine rings is 1. The van der Waals surface area contributed by atoms with E-state index in [0.29, 0.717) is 22.3 Å². The normalized spacial score (nSPS) is 19.6. The van der Waals surface area contributed by atoms with Crippen molar-refractivity contribution in [1.82, 2.24) is 9.91 Å². The number of hydrogen-bond acceptors (Lipinski definition) is 8. The number of aryl methyl sites for hydroxylation is 1. The SMILES string of the molecule is Cc1ccc([N+](=O)[O-])cc1-c1ccc(/C=C2/C(=N)N3N=C(N4CCCCC4)SC3=NC2=O)o1. The molecule has 1 saturated heterocycles. The highest BCUT2D eigenvalue weighted by Crippen LogP contribution is 2.32. The molecule has 3 aliphatic heterocycles. The van der Waals surface area contributed by atoms with Crippen molar-refractivity contribution < 1.29 is 14.1 Å². The lowest BCUT2D eigenvalue weighted by atomic mass is 10.1. The Balaban J connectivity index is 1.42. The highest BCUT2D eigenvalue weighted by atomic mass is 32.2. The van der Waals surface area contributed by atoms with Crippen LogP contribution in [0.25, 0.3) is 17.4 Å². The summed E-state index contributed by atoms with van der Waals surface area (Å²) in [5.41, 5.74) is 1.44. The number of rotatable bonds is 3. The van der Waals surface area contributed by atoms with Crippen LogP contribution in [-0.2, 0) is 4.79 Å². The third-order valence-electron chi connectivity index (χ3n) is 5.68. The van der Waals surface area contributed by atoms with Crippen molar-refractivity contribution in [3.05, 3.63) is 57.3 Å². The number of amides is 1. The van der Waals surface area contributed by atoms with Gasteiger partial charge in [-0.2, -0.15) is 10.0 Å². The van der Waals surface area contributed by atoms with E-state index in [2.05, 4.69) is 15.0 Å². The summed E-state index contributed by atoms with van der Waals surface area (Å²) < 4.78 is 5.85. The van der Waals surface area contributed by atoms with E-state index >= 15 is 0 Å². The fourth-order valence-electron chi connectivity index (χ4n) is 3.90. The van der Waals surface area contributed by atoms with E-state index in [1.54, 1.807) is 18.2 Å². The summed E-state index contributed by atoms with van der Waals surface area (Å²) in [7, 11) is 0. The number of nitrogens with zero attached hydrogens (tertiary/aromatic N) is 5. The lowest BCUT2D eigenvalue weighted by Crippen LogP contribution is -2.35. The number of thioether (sulfide) groups is 1. The van der Waals surface area contributed by atoms with Crippen molar-refractivity contribution in [3.8, 4) is 11.3 Å². The monoisotopic (exact) mass is 464 g/mol. The van der Waals surface area contributed by atoms with Crippen LogP contribution in [0.3, 0.4) is 0 Å². The van der Waals surface area contributed by atoms with E-state index in [-0.39, 0.29) is 17.1 Å². The average molecular weight is 465 g/mol. The molecular formula is C22H20N6O4S. The number of nitrogens with one attached hydrogen (secondary N) is 1. The van der Waals surface area contributed by atoms with Gasteiger partial charge in [0.2, 0.25) is 5.17 Å². The van der Waals surface area contributed by atoms with Gasteiger partial charge >= 0.3 is 0 Å². The Hall–Kier alpha value is -3.73. The Labute approximate surface area is 193 Å². The van der Waals surface area contributed by atoms with Crippen LogP contribution in [0, 0.1) is 22.4 Å². The molecule has 0 radical (unpaired) electrons. The maximum absolute atomic E-state index is 12.7. The van der Waals surface area contributed by atoms with Gasteiger partial charge in [0, 0.05) is 30.8 Å². The predicted molar refractivity (Wildman–Crippen MR) is 126 cm³/mol. The summed E-state index contributed by atoms with van der Waals surface area (Å²) >= 11 is 1.31. The zero-order valence-corrected chi connectivity index (χ0v) is 18.6. The number of non-ortho nitro benzene ring substituents is 1. The molecule has 1 aromatic heterocycles. The number of fused-ring (bicyclic) bond motifs is 1. The first-order valence-electron chi connectivity index (χ1n) is 10.5. The number of benzene rings is 1. The van der Waals surface area contributed by atoms with Gasteiger partial charge in [-0.25, -0.2) is 0 Å². The van der Waals surface area contributed by atoms with Gasteiger partial charge in [0.25, 0.3) is 11.6 Å². The summed E-state index contributed by atoms with van der Waals surface area (Å²) in [6.07, 6.45) is 4.85. The van der Waals surface area contributed by atoms with Gasteiger partial charge in [0.05, 0.1) is 10.5 Å². The highest BCUT2D eigenvalue weighted by molar-refractivity contribution is 8.26. The number of likely N-dealkylation sites (tertiary alicyclic amines) is 1. The van der Waals surface area contributed by atoms with E-state index < -0.39 is 10.8 Å². The molecule has 2 aromatic rings. The standard InChI is InChI=1S/C22H20N6O4S/c1-13-5-6-14(28(30)31)11-16(13)18-8-7-15(32-18)12-17-19(23)27-21(24-20(17)29)33-22(25-27)26-9-3-2-4-10-26/h5-8,11-12,23H,2-4,9-10H2,1H3/b17-12-,23-19?. The summed E-state index contributed by atoms with van der Waals surface area (Å²) in [5, 5.41) is 26.7. The zero-order valence-electron chi connectivity index (χ0n) is 17.8. The molecule has 1 N–H and O–H groups in total. The largest absolute Gasteiger partial charge is 0.457 e. The maximum atomic E-state index is 12.7. The number of amidine groups is 3. The van der Waals surface area contributed by atoms with Crippen molar-refractivity contribution >= 4 is 45.6 Å². The second-order valence-corrected chi connectivity index (χ2v) is 8.84. The van der Waals surface area contributed by atoms with E-state index in [1.165, 1.54) is 41.4 Å². The molecule has 11 heteroatoms. The Morgan fingerprint density at radius 3 is 2.73 bits per heavy atom. The Morgan fingerprint density at radius 2 is 1.97 bits per heavy atom. The number of carbonyl (C=O) groups is 1. The van der Waals surface area contributed by atoms with Gasteiger partial charge < -0.3 is 9.32 Å². The molecule has 3 aliphatic rings. The molecule has 4 heterocycles. The van der Waals surface area contributed by atoms with Crippen LogP contribution in [-0.4, -0.2) is 50.0 Å². The first kappa shape index (κ1) is 21.1. The van der Waals surface area contributed by atoms with Crippen LogP contribution >= 0.6 is 11.8 Å². The van der Waals surface area contributed by atoms with Crippen LogP contribution in [0.1, 0.15) is 30.6 Å². The van der Waals surface area contributed by atoms with E-state index in [4.69, 9.17) is 9.83 Å². The molecule has 168 valence electrons. The lowest BCUT2D eigenvalue weighted by Gasteiger charge is -2.26. The summed E-state index contributed by atoms with van der Waals surface area (Å²) in [6.45, 7) is 3.64. The molecule has 5 rings (SSSR count). The van der Waals surface area contributed by atoms with Crippen LogP contribution in [0.4, 0.5) is 5.69 Å². The van der Waals surface area contributed by atoms with Crippen LogP contribution in [0.5, 0.6) is 0 Å². The fourth-order valence-corrected chi connectivity index (χ4v) is 4.85. The van der Waals surface area contributed by atoms with Crippen molar-refractivity contribution in [1.29, 1.82) is 5.41 Å². The Morgan fingerprint density at radius 1 is 1.18 bits per heavy atom. The number of nitro groups is 1. The van der Waals surface area contributed by atoms with E-state index in [1.807, 2.05) is 6.92 Å². The van der Waals surface area contributed by atoms with Crippen molar-refractivity contribution in [3.63, 3.8) is 0 Å². The van der Waals surface area contributed by atoms with Gasteiger partial charge in [0.1, 0.15) is 11.5 Å². The number of carbonyl (C=O) groups excluding carboxylic acids is 1. The fraction of sp³-hybridized carbons (Fsp3) is 0.273. The second kappa shape index (κ2) is 8.32. The molecular weight excluding hydrogens is 444 g/mol.